The van der Waals surface area contributed by atoms with Gasteiger partial charge in [-0.1, -0.05) is 17.7 Å². The zero-order valence-electron chi connectivity index (χ0n) is 8.42. The normalized spacial score (nSPS) is 10.4. The van der Waals surface area contributed by atoms with Gasteiger partial charge in [0.2, 0.25) is 0 Å². The van der Waals surface area contributed by atoms with Gasteiger partial charge in [-0.05, 0) is 25.1 Å². The molecule has 0 unspecified atom stereocenters. The second-order valence-corrected chi connectivity index (χ2v) is 3.67. The van der Waals surface area contributed by atoms with Crippen molar-refractivity contribution in [3.05, 3.63) is 51.3 Å². The second kappa shape index (κ2) is 3.94. The van der Waals surface area contributed by atoms with E-state index in [1.807, 2.05) is 6.92 Å². The molecule has 2 rings (SSSR count). The van der Waals surface area contributed by atoms with Crippen LogP contribution in [0.4, 0.5) is 5.69 Å². The summed E-state index contributed by atoms with van der Waals surface area (Å²) in [7, 11) is 0. The molecular formula is C10H8ClN3O2. The molecule has 0 spiro atoms. The smallest absolute Gasteiger partial charge is 0.258 e. The number of benzene rings is 1. The van der Waals surface area contributed by atoms with Crippen molar-refractivity contribution in [2.45, 2.75) is 6.92 Å². The minimum Gasteiger partial charge on any atom is -0.258 e. The highest BCUT2D eigenvalue weighted by Gasteiger charge is 2.19. The molecule has 0 saturated carbocycles. The average molecular weight is 238 g/mol. The Hall–Kier alpha value is -1.88. The Morgan fingerprint density at radius 2 is 2.19 bits per heavy atom. The van der Waals surface area contributed by atoms with Crippen LogP contribution >= 0.6 is 11.6 Å². The average Bonchev–Trinajstić information content (AvgIpc) is 2.63. The summed E-state index contributed by atoms with van der Waals surface area (Å²) < 4.78 is 1.44. The lowest BCUT2D eigenvalue weighted by Crippen LogP contribution is -2.01. The molecule has 1 aromatic heterocycles. The Balaban J connectivity index is 2.65. The summed E-state index contributed by atoms with van der Waals surface area (Å²) in [6, 6.07) is 6.52. The number of para-hydroxylation sites is 1. The maximum absolute atomic E-state index is 10.9. The van der Waals surface area contributed by atoms with Crippen molar-refractivity contribution in [2.75, 3.05) is 0 Å². The fourth-order valence-electron chi connectivity index (χ4n) is 1.42. The zero-order valence-corrected chi connectivity index (χ0v) is 9.18. The van der Waals surface area contributed by atoms with Crippen molar-refractivity contribution in [1.82, 2.24) is 9.78 Å². The van der Waals surface area contributed by atoms with Gasteiger partial charge in [-0.15, -0.1) is 0 Å². The molecule has 0 bridgehead atoms. The SMILES string of the molecule is Cc1ccn(-c2cccc(Cl)c2[N+](=O)[O-])n1. The highest BCUT2D eigenvalue weighted by molar-refractivity contribution is 6.33. The van der Waals surface area contributed by atoms with E-state index in [1.54, 1.807) is 24.4 Å². The van der Waals surface area contributed by atoms with Crippen molar-refractivity contribution in [3.8, 4) is 5.69 Å². The number of halogens is 1. The summed E-state index contributed by atoms with van der Waals surface area (Å²) in [6.07, 6.45) is 1.66. The lowest BCUT2D eigenvalue weighted by Gasteiger charge is -2.03. The van der Waals surface area contributed by atoms with Gasteiger partial charge in [0.25, 0.3) is 0 Å². The van der Waals surface area contributed by atoms with Crippen LogP contribution in [-0.2, 0) is 0 Å². The highest BCUT2D eigenvalue weighted by atomic mass is 35.5. The van der Waals surface area contributed by atoms with Crippen molar-refractivity contribution < 1.29 is 4.92 Å². The van der Waals surface area contributed by atoms with E-state index < -0.39 is 4.92 Å². The molecule has 1 aromatic carbocycles. The van der Waals surface area contributed by atoms with E-state index in [-0.39, 0.29) is 10.7 Å². The largest absolute Gasteiger partial charge is 0.313 e. The third kappa shape index (κ3) is 1.77. The fourth-order valence-corrected chi connectivity index (χ4v) is 1.66. The molecule has 6 heteroatoms. The fraction of sp³-hybridized carbons (Fsp3) is 0.100. The number of nitrogens with zero attached hydrogens (tertiary/aromatic N) is 3. The molecule has 1 heterocycles. The Labute approximate surface area is 96.4 Å². The van der Waals surface area contributed by atoms with Gasteiger partial charge in [-0.2, -0.15) is 5.10 Å². The number of hydrogen-bond acceptors (Lipinski definition) is 3. The summed E-state index contributed by atoms with van der Waals surface area (Å²) in [5.41, 5.74) is 1.02. The topological polar surface area (TPSA) is 61.0 Å². The van der Waals surface area contributed by atoms with Gasteiger partial charge in [0.05, 0.1) is 10.6 Å². The first kappa shape index (κ1) is 10.6. The van der Waals surface area contributed by atoms with Gasteiger partial charge in [0.1, 0.15) is 10.7 Å². The summed E-state index contributed by atoms with van der Waals surface area (Å²) in [5.74, 6) is 0. The van der Waals surface area contributed by atoms with Crippen LogP contribution in [0.5, 0.6) is 0 Å². The van der Waals surface area contributed by atoms with Crippen LogP contribution in [0, 0.1) is 17.0 Å². The molecule has 0 aliphatic heterocycles. The number of nitro benzene ring substituents is 1. The van der Waals surface area contributed by atoms with Crippen LogP contribution < -0.4 is 0 Å². The molecule has 0 saturated heterocycles. The molecule has 0 aliphatic rings. The monoisotopic (exact) mass is 237 g/mol. The Bertz CT molecular complexity index is 551. The van der Waals surface area contributed by atoms with E-state index in [4.69, 9.17) is 11.6 Å². The van der Waals surface area contributed by atoms with E-state index in [0.717, 1.165) is 5.69 Å². The van der Waals surface area contributed by atoms with Crippen molar-refractivity contribution in [3.63, 3.8) is 0 Å². The molecule has 16 heavy (non-hydrogen) atoms. The highest BCUT2D eigenvalue weighted by Crippen LogP contribution is 2.30. The maximum atomic E-state index is 10.9. The molecular weight excluding hydrogens is 230 g/mol. The maximum Gasteiger partial charge on any atom is 0.313 e. The van der Waals surface area contributed by atoms with E-state index in [1.165, 1.54) is 10.7 Å². The minimum atomic E-state index is -0.505. The molecule has 82 valence electrons. The van der Waals surface area contributed by atoms with E-state index in [0.29, 0.717) is 5.69 Å². The molecule has 0 atom stereocenters. The van der Waals surface area contributed by atoms with Crippen LogP contribution in [0.15, 0.2) is 30.5 Å². The number of rotatable bonds is 2. The first-order valence-electron chi connectivity index (χ1n) is 4.55. The van der Waals surface area contributed by atoms with Gasteiger partial charge in [-0.3, -0.25) is 10.1 Å². The van der Waals surface area contributed by atoms with Crippen LogP contribution in [0.1, 0.15) is 5.69 Å². The Kier molecular flexibility index (Phi) is 2.62. The summed E-state index contributed by atoms with van der Waals surface area (Å²) in [5, 5.41) is 15.1. The third-order valence-corrected chi connectivity index (χ3v) is 2.42. The molecule has 2 aromatic rings. The lowest BCUT2D eigenvalue weighted by molar-refractivity contribution is -0.384. The van der Waals surface area contributed by atoms with Gasteiger partial charge >= 0.3 is 5.69 Å². The van der Waals surface area contributed by atoms with Crippen molar-refractivity contribution >= 4 is 17.3 Å². The van der Waals surface area contributed by atoms with Crippen LogP contribution in [0.2, 0.25) is 5.02 Å². The first-order chi connectivity index (χ1) is 7.59. The minimum absolute atomic E-state index is 0.107. The Morgan fingerprint density at radius 3 is 2.75 bits per heavy atom. The second-order valence-electron chi connectivity index (χ2n) is 3.27. The van der Waals surface area contributed by atoms with Crippen molar-refractivity contribution in [2.24, 2.45) is 0 Å². The quantitative estimate of drug-likeness (QED) is 0.596. The van der Waals surface area contributed by atoms with Gasteiger partial charge in [0, 0.05) is 6.20 Å². The third-order valence-electron chi connectivity index (χ3n) is 2.12. The number of hydrogen-bond donors (Lipinski definition) is 0. The van der Waals surface area contributed by atoms with Gasteiger partial charge in [0.15, 0.2) is 0 Å². The summed E-state index contributed by atoms with van der Waals surface area (Å²) in [6.45, 7) is 1.81. The van der Waals surface area contributed by atoms with Crippen molar-refractivity contribution in [1.29, 1.82) is 0 Å². The van der Waals surface area contributed by atoms with Crippen LogP contribution in [-0.4, -0.2) is 14.7 Å². The van der Waals surface area contributed by atoms with E-state index >= 15 is 0 Å². The Morgan fingerprint density at radius 1 is 1.44 bits per heavy atom. The molecule has 5 nitrogen and oxygen atoms in total. The number of nitro groups is 1. The molecule has 0 fully saturated rings. The standard InChI is InChI=1S/C10H8ClN3O2/c1-7-5-6-13(12-7)9-4-2-3-8(11)10(9)14(15)16/h2-6H,1H3. The van der Waals surface area contributed by atoms with Gasteiger partial charge < -0.3 is 0 Å². The number of aromatic nitrogens is 2. The van der Waals surface area contributed by atoms with Crippen LogP contribution in [0.25, 0.3) is 5.69 Å². The molecule has 0 N–H and O–H groups in total. The molecule has 0 aliphatic carbocycles. The summed E-state index contributed by atoms with van der Waals surface area (Å²) in [4.78, 5) is 10.4. The predicted octanol–water partition coefficient (Wildman–Crippen LogP) is 2.74. The zero-order chi connectivity index (χ0) is 11.7. The van der Waals surface area contributed by atoms with Gasteiger partial charge in [-0.25, -0.2) is 4.68 Å². The predicted molar refractivity (Wildman–Crippen MR) is 60.0 cm³/mol. The summed E-state index contributed by atoms with van der Waals surface area (Å²) >= 11 is 5.80. The lowest BCUT2D eigenvalue weighted by atomic mass is 10.2. The van der Waals surface area contributed by atoms with Crippen LogP contribution in [0.3, 0.4) is 0 Å². The molecule has 0 amide bonds. The molecule has 0 radical (unpaired) electrons. The van der Waals surface area contributed by atoms with E-state index in [2.05, 4.69) is 5.10 Å². The number of aryl methyl sites for hydroxylation is 1. The first-order valence-corrected chi connectivity index (χ1v) is 4.93. The van der Waals surface area contributed by atoms with E-state index in [9.17, 15) is 10.1 Å².